The van der Waals surface area contributed by atoms with Crippen molar-refractivity contribution in [2.24, 2.45) is 10.7 Å². The van der Waals surface area contributed by atoms with Crippen molar-refractivity contribution in [1.29, 1.82) is 0 Å². The number of carbonyl (C=O) groups excluding carboxylic acids is 1. The summed E-state index contributed by atoms with van der Waals surface area (Å²) >= 11 is 2.19. The second-order valence-corrected chi connectivity index (χ2v) is 5.73. The highest BCUT2D eigenvalue weighted by molar-refractivity contribution is 14.1. The molecule has 1 aromatic carbocycles. The Balaban J connectivity index is 2.79. The Morgan fingerprint density at radius 2 is 1.82 bits per heavy atom. The van der Waals surface area contributed by atoms with E-state index in [4.69, 9.17) is 10.5 Å². The molecule has 0 spiro atoms. The Bertz CT molecular complexity index is 433. The third-order valence-corrected chi connectivity index (χ3v) is 2.46. The van der Waals surface area contributed by atoms with Gasteiger partial charge >= 0.3 is 6.09 Å². The van der Waals surface area contributed by atoms with Gasteiger partial charge in [0.1, 0.15) is 11.4 Å². The van der Waals surface area contributed by atoms with Crippen LogP contribution in [0.15, 0.2) is 29.3 Å². The first-order valence-corrected chi connectivity index (χ1v) is 6.19. The number of amidine groups is 1. The largest absolute Gasteiger partial charge is 0.442 e. The van der Waals surface area contributed by atoms with E-state index in [1.807, 2.05) is 24.3 Å². The molecule has 5 heteroatoms. The minimum absolute atomic E-state index is 0.163. The lowest BCUT2D eigenvalue weighted by Gasteiger charge is -2.17. The van der Waals surface area contributed by atoms with Gasteiger partial charge in [0.2, 0.25) is 0 Å². The van der Waals surface area contributed by atoms with Gasteiger partial charge < -0.3 is 10.5 Å². The van der Waals surface area contributed by atoms with E-state index in [0.29, 0.717) is 5.56 Å². The maximum Gasteiger partial charge on any atom is 0.436 e. The molecule has 0 aliphatic carbocycles. The molecule has 0 saturated carbocycles. The summed E-state index contributed by atoms with van der Waals surface area (Å²) < 4.78 is 6.14. The molecular formula is C12H15IN2O2. The molecule has 0 atom stereocenters. The molecule has 0 radical (unpaired) electrons. The van der Waals surface area contributed by atoms with Gasteiger partial charge in [-0.3, -0.25) is 0 Å². The van der Waals surface area contributed by atoms with Crippen LogP contribution in [0.5, 0.6) is 0 Å². The minimum Gasteiger partial charge on any atom is -0.442 e. The lowest BCUT2D eigenvalue weighted by Crippen LogP contribution is -2.24. The first-order chi connectivity index (χ1) is 7.78. The van der Waals surface area contributed by atoms with Crippen LogP contribution in [-0.2, 0) is 4.74 Å². The smallest absolute Gasteiger partial charge is 0.436 e. The highest BCUT2D eigenvalue weighted by Gasteiger charge is 2.16. The third-order valence-electron chi connectivity index (χ3n) is 1.75. The Morgan fingerprint density at radius 3 is 2.29 bits per heavy atom. The molecule has 4 nitrogen and oxygen atoms in total. The van der Waals surface area contributed by atoms with Gasteiger partial charge in [-0.15, -0.1) is 0 Å². The molecule has 1 aromatic rings. The maximum atomic E-state index is 11.4. The van der Waals surface area contributed by atoms with Crippen molar-refractivity contribution >= 4 is 34.5 Å². The van der Waals surface area contributed by atoms with Crippen molar-refractivity contribution < 1.29 is 9.53 Å². The van der Waals surface area contributed by atoms with Crippen molar-refractivity contribution in [2.75, 3.05) is 0 Å². The van der Waals surface area contributed by atoms with E-state index in [1.165, 1.54) is 0 Å². The molecule has 1 amide bonds. The van der Waals surface area contributed by atoms with Crippen molar-refractivity contribution in [1.82, 2.24) is 0 Å². The Hall–Kier alpha value is -1.11. The van der Waals surface area contributed by atoms with Crippen molar-refractivity contribution in [2.45, 2.75) is 26.4 Å². The number of rotatable bonds is 1. The van der Waals surface area contributed by atoms with E-state index < -0.39 is 11.7 Å². The maximum absolute atomic E-state index is 11.4. The summed E-state index contributed by atoms with van der Waals surface area (Å²) in [7, 11) is 0. The van der Waals surface area contributed by atoms with Crippen molar-refractivity contribution in [3.05, 3.63) is 33.4 Å². The van der Waals surface area contributed by atoms with Crippen molar-refractivity contribution in [3.63, 3.8) is 0 Å². The van der Waals surface area contributed by atoms with Crippen LogP contribution in [-0.4, -0.2) is 17.5 Å². The fourth-order valence-corrected chi connectivity index (χ4v) is 1.43. The average Bonchev–Trinajstić information content (AvgIpc) is 2.15. The van der Waals surface area contributed by atoms with Gasteiger partial charge in [-0.2, -0.15) is 4.99 Å². The normalized spacial score (nSPS) is 12.4. The van der Waals surface area contributed by atoms with Gasteiger partial charge in [0.05, 0.1) is 0 Å². The van der Waals surface area contributed by atoms with E-state index in [2.05, 4.69) is 27.6 Å². The van der Waals surface area contributed by atoms with Gasteiger partial charge in [-0.05, 0) is 55.5 Å². The molecule has 0 fully saturated rings. The summed E-state index contributed by atoms with van der Waals surface area (Å²) in [5.74, 6) is 0.163. The van der Waals surface area contributed by atoms with Gasteiger partial charge in [-0.25, -0.2) is 4.79 Å². The molecule has 92 valence electrons. The SMILES string of the molecule is CC(C)(C)OC(=O)/N=C(\N)c1ccc(I)cc1. The topological polar surface area (TPSA) is 64.7 Å². The first-order valence-electron chi connectivity index (χ1n) is 5.11. The first kappa shape index (κ1) is 14.0. The second kappa shape index (κ2) is 5.48. The van der Waals surface area contributed by atoms with E-state index in [1.54, 1.807) is 20.8 Å². The zero-order valence-electron chi connectivity index (χ0n) is 10.0. The van der Waals surface area contributed by atoms with E-state index in [-0.39, 0.29) is 5.84 Å². The van der Waals surface area contributed by atoms with E-state index in [0.717, 1.165) is 3.57 Å². The molecule has 0 saturated heterocycles. The summed E-state index contributed by atoms with van der Waals surface area (Å²) in [5, 5.41) is 0. The average molecular weight is 346 g/mol. The number of halogens is 1. The summed E-state index contributed by atoms with van der Waals surface area (Å²) in [4.78, 5) is 15.1. The summed E-state index contributed by atoms with van der Waals surface area (Å²) in [6.07, 6.45) is -0.673. The molecule has 0 aliphatic heterocycles. The molecular weight excluding hydrogens is 331 g/mol. The third kappa shape index (κ3) is 5.16. The monoisotopic (exact) mass is 346 g/mol. The van der Waals surface area contributed by atoms with Crippen LogP contribution in [0.3, 0.4) is 0 Å². The zero-order chi connectivity index (χ0) is 13.1. The van der Waals surface area contributed by atoms with Crippen LogP contribution >= 0.6 is 22.6 Å². The molecule has 0 bridgehead atoms. The number of aliphatic imine (C=N–C) groups is 1. The van der Waals surface area contributed by atoms with Crippen molar-refractivity contribution in [3.8, 4) is 0 Å². The van der Waals surface area contributed by atoms with E-state index in [9.17, 15) is 4.79 Å². The predicted molar refractivity (Wildman–Crippen MR) is 76.1 cm³/mol. The van der Waals surface area contributed by atoms with Crippen LogP contribution in [0.25, 0.3) is 0 Å². The minimum atomic E-state index is -0.673. The van der Waals surface area contributed by atoms with Crippen LogP contribution in [0.2, 0.25) is 0 Å². The molecule has 0 aromatic heterocycles. The summed E-state index contributed by atoms with van der Waals surface area (Å²) in [5.41, 5.74) is 5.85. The number of benzene rings is 1. The molecule has 1 rings (SSSR count). The predicted octanol–water partition coefficient (Wildman–Crippen LogP) is 2.93. The molecule has 2 N–H and O–H groups in total. The molecule has 0 unspecified atom stereocenters. The van der Waals surface area contributed by atoms with Gasteiger partial charge in [0.15, 0.2) is 0 Å². The Kier molecular flexibility index (Phi) is 4.50. The molecule has 0 aliphatic rings. The van der Waals surface area contributed by atoms with Gasteiger partial charge in [0, 0.05) is 9.13 Å². The van der Waals surface area contributed by atoms with Gasteiger partial charge in [-0.1, -0.05) is 12.1 Å². The quantitative estimate of drug-likeness (QED) is 0.483. The molecule has 17 heavy (non-hydrogen) atoms. The lowest BCUT2D eigenvalue weighted by molar-refractivity contribution is 0.0604. The number of amides is 1. The van der Waals surface area contributed by atoms with Crippen LogP contribution in [0.1, 0.15) is 26.3 Å². The Morgan fingerprint density at radius 1 is 1.29 bits per heavy atom. The lowest BCUT2D eigenvalue weighted by atomic mass is 10.2. The van der Waals surface area contributed by atoms with Crippen LogP contribution in [0, 0.1) is 3.57 Å². The second-order valence-electron chi connectivity index (χ2n) is 4.48. The Labute approximate surface area is 114 Å². The number of nitrogens with two attached hydrogens (primary N) is 1. The zero-order valence-corrected chi connectivity index (χ0v) is 12.2. The van der Waals surface area contributed by atoms with Gasteiger partial charge in [0.25, 0.3) is 0 Å². The fourth-order valence-electron chi connectivity index (χ4n) is 1.07. The number of hydrogen-bond donors (Lipinski definition) is 1. The standard InChI is InChI=1S/C12H15IN2O2/c1-12(2,3)17-11(16)15-10(14)8-4-6-9(13)7-5-8/h4-7H,1-3H3,(H2,14,15,16). The van der Waals surface area contributed by atoms with Crippen LogP contribution < -0.4 is 5.73 Å². The number of ether oxygens (including phenoxy) is 1. The fraction of sp³-hybridized carbons (Fsp3) is 0.333. The summed E-state index contributed by atoms with van der Waals surface area (Å²) in [6.45, 7) is 5.34. The van der Waals surface area contributed by atoms with E-state index >= 15 is 0 Å². The number of nitrogens with zero attached hydrogens (tertiary/aromatic N) is 1. The highest BCUT2D eigenvalue weighted by atomic mass is 127. The number of carbonyl (C=O) groups is 1. The highest BCUT2D eigenvalue weighted by Crippen LogP contribution is 2.10. The number of hydrogen-bond acceptors (Lipinski definition) is 2. The summed E-state index contributed by atoms with van der Waals surface area (Å²) in [6, 6.07) is 7.41. The molecule has 0 heterocycles. The van der Waals surface area contributed by atoms with Crippen LogP contribution in [0.4, 0.5) is 4.79 Å².